The van der Waals surface area contributed by atoms with E-state index in [-0.39, 0.29) is 22.4 Å². The number of hydrogen-bond donors (Lipinski definition) is 2. The first kappa shape index (κ1) is 19.4. The van der Waals surface area contributed by atoms with Crippen LogP contribution in [0.15, 0.2) is 41.6 Å². The number of nitrogens with one attached hydrogen (secondary N) is 1. The third-order valence-corrected chi connectivity index (χ3v) is 4.86. The van der Waals surface area contributed by atoms with Gasteiger partial charge in [-0.25, -0.2) is 13.5 Å². The number of nitrogens with zero attached hydrogens (tertiary/aromatic N) is 3. The maximum atomic E-state index is 13.6. The molecule has 2 aromatic carbocycles. The van der Waals surface area contributed by atoms with Gasteiger partial charge in [-0.2, -0.15) is 0 Å². The van der Waals surface area contributed by atoms with Crippen molar-refractivity contribution in [3.63, 3.8) is 0 Å². The minimum atomic E-state index is -0.739. The lowest BCUT2D eigenvalue weighted by atomic mass is 10.2. The Morgan fingerprint density at radius 1 is 1.19 bits per heavy atom. The molecule has 0 unspecified atom stereocenters. The fraction of sp³-hybridized carbons (Fsp3) is 0.0625. The molecule has 1 aromatic heterocycles. The fourth-order valence-corrected chi connectivity index (χ4v) is 3.29. The Morgan fingerprint density at radius 2 is 1.96 bits per heavy atom. The molecule has 0 aliphatic rings. The second-order valence-corrected chi connectivity index (χ2v) is 7.05. The van der Waals surface area contributed by atoms with Crippen molar-refractivity contribution in [1.29, 1.82) is 0 Å². The molecule has 3 N–H and O–H groups in total. The highest BCUT2D eigenvalue weighted by Gasteiger charge is 2.17. The van der Waals surface area contributed by atoms with E-state index < -0.39 is 17.5 Å². The number of anilines is 1. The van der Waals surface area contributed by atoms with Gasteiger partial charge < -0.3 is 11.2 Å². The molecule has 0 saturated carbocycles. The predicted octanol–water partition coefficient (Wildman–Crippen LogP) is 3.97. The van der Waals surface area contributed by atoms with Gasteiger partial charge in [0, 0.05) is 16.7 Å². The number of aromatic nitrogens is 3. The predicted molar refractivity (Wildman–Crippen MR) is 101 cm³/mol. The summed E-state index contributed by atoms with van der Waals surface area (Å²) in [4.78, 5) is 12.0. The number of halogens is 4. The normalized spacial score (nSPS) is 10.8. The Kier molecular flexibility index (Phi) is 5.83. The maximum absolute atomic E-state index is 13.6. The van der Waals surface area contributed by atoms with Crippen molar-refractivity contribution >= 4 is 46.6 Å². The van der Waals surface area contributed by atoms with Gasteiger partial charge in [0.1, 0.15) is 11.6 Å². The minimum absolute atomic E-state index is 0.139. The first-order valence-electron chi connectivity index (χ1n) is 7.39. The van der Waals surface area contributed by atoms with Gasteiger partial charge in [-0.15, -0.1) is 10.2 Å². The van der Waals surface area contributed by atoms with Crippen LogP contribution in [-0.4, -0.2) is 26.5 Å². The van der Waals surface area contributed by atoms with Crippen molar-refractivity contribution in [2.75, 3.05) is 16.9 Å². The third-order valence-electron chi connectivity index (χ3n) is 3.37. The van der Waals surface area contributed by atoms with Gasteiger partial charge in [-0.3, -0.25) is 4.79 Å². The smallest absolute Gasteiger partial charge is 0.234 e. The van der Waals surface area contributed by atoms with Gasteiger partial charge in [0.15, 0.2) is 5.82 Å². The van der Waals surface area contributed by atoms with Crippen LogP contribution in [-0.2, 0) is 4.79 Å². The molecule has 3 rings (SSSR count). The Bertz CT molecular complexity index is 1010. The molecule has 0 aliphatic heterocycles. The third kappa shape index (κ3) is 4.49. The average molecular weight is 430 g/mol. The largest absolute Gasteiger partial charge is 0.335 e. The van der Waals surface area contributed by atoms with Gasteiger partial charge in [0.05, 0.1) is 16.5 Å². The first-order chi connectivity index (χ1) is 12.8. The summed E-state index contributed by atoms with van der Waals surface area (Å²) in [6.07, 6.45) is 0. The molecule has 0 aliphatic carbocycles. The molecule has 0 bridgehead atoms. The van der Waals surface area contributed by atoms with Crippen LogP contribution in [0.3, 0.4) is 0 Å². The van der Waals surface area contributed by atoms with Crippen LogP contribution >= 0.6 is 35.0 Å². The number of hydrogen-bond acceptors (Lipinski definition) is 5. The quantitative estimate of drug-likeness (QED) is 0.473. The molecule has 1 heterocycles. The van der Waals surface area contributed by atoms with E-state index in [1.165, 1.54) is 4.68 Å². The zero-order valence-corrected chi connectivity index (χ0v) is 15.7. The molecule has 1 amide bonds. The fourth-order valence-electron chi connectivity index (χ4n) is 2.14. The summed E-state index contributed by atoms with van der Waals surface area (Å²) in [6, 6.07) is 7.60. The Balaban J connectivity index is 1.69. The van der Waals surface area contributed by atoms with Gasteiger partial charge in [-0.05, 0) is 30.3 Å². The molecule has 27 heavy (non-hydrogen) atoms. The van der Waals surface area contributed by atoms with E-state index in [2.05, 4.69) is 15.5 Å². The zero-order chi connectivity index (χ0) is 19.6. The first-order valence-corrected chi connectivity index (χ1v) is 9.13. The highest BCUT2D eigenvalue weighted by atomic mass is 35.5. The summed E-state index contributed by atoms with van der Waals surface area (Å²) in [7, 11) is 0. The number of carbonyl (C=O) groups excluding carboxylic acids is 1. The monoisotopic (exact) mass is 429 g/mol. The highest BCUT2D eigenvalue weighted by molar-refractivity contribution is 7.99. The molecule has 0 saturated heterocycles. The van der Waals surface area contributed by atoms with Gasteiger partial charge >= 0.3 is 0 Å². The lowest BCUT2D eigenvalue weighted by Crippen LogP contribution is -2.17. The van der Waals surface area contributed by atoms with Crippen LogP contribution in [0, 0.1) is 11.6 Å². The van der Waals surface area contributed by atoms with Crippen molar-refractivity contribution in [3.05, 3.63) is 58.1 Å². The zero-order valence-electron chi connectivity index (χ0n) is 13.4. The van der Waals surface area contributed by atoms with Crippen LogP contribution in [0.1, 0.15) is 0 Å². The van der Waals surface area contributed by atoms with Gasteiger partial charge in [-0.1, -0.05) is 35.0 Å². The summed E-state index contributed by atoms with van der Waals surface area (Å²) in [6.45, 7) is 0. The lowest BCUT2D eigenvalue weighted by molar-refractivity contribution is -0.113. The Labute approximate surface area is 166 Å². The standard InChI is InChI=1S/C16H11Cl2F2N5OS/c17-8-1-3-10(11(18)5-8)15-23-24-16(25(15)21)27-7-14(26)22-13-6-9(19)2-4-12(13)20/h1-6H,7,21H2,(H,22,26). The number of thioether (sulfide) groups is 1. The van der Waals surface area contributed by atoms with Crippen molar-refractivity contribution in [1.82, 2.24) is 14.9 Å². The molecule has 0 radical (unpaired) electrons. The van der Waals surface area contributed by atoms with Crippen LogP contribution in [0.2, 0.25) is 10.0 Å². The summed E-state index contributed by atoms with van der Waals surface area (Å²) in [5.74, 6) is 4.15. The van der Waals surface area contributed by atoms with Crippen LogP contribution < -0.4 is 11.2 Å². The molecule has 0 atom stereocenters. The number of nitrogens with two attached hydrogens (primary N) is 1. The molecule has 0 spiro atoms. The average Bonchev–Trinajstić information content (AvgIpc) is 2.97. The van der Waals surface area contributed by atoms with E-state index in [1.54, 1.807) is 18.2 Å². The van der Waals surface area contributed by atoms with Crippen LogP contribution in [0.4, 0.5) is 14.5 Å². The number of carbonyl (C=O) groups is 1. The molecular formula is C16H11Cl2F2N5OS. The lowest BCUT2D eigenvalue weighted by Gasteiger charge is -2.07. The second kappa shape index (κ2) is 8.12. The highest BCUT2D eigenvalue weighted by Crippen LogP contribution is 2.30. The molecule has 3 aromatic rings. The van der Waals surface area contributed by atoms with E-state index in [0.29, 0.717) is 15.6 Å². The number of rotatable bonds is 5. The Morgan fingerprint density at radius 3 is 2.70 bits per heavy atom. The second-order valence-electron chi connectivity index (χ2n) is 5.26. The molecule has 0 fully saturated rings. The summed E-state index contributed by atoms with van der Waals surface area (Å²) in [5.41, 5.74) is 0.276. The molecule has 140 valence electrons. The van der Waals surface area contributed by atoms with Crippen LogP contribution in [0.5, 0.6) is 0 Å². The summed E-state index contributed by atoms with van der Waals surface area (Å²) in [5, 5.41) is 11.2. The van der Waals surface area contributed by atoms with E-state index >= 15 is 0 Å². The van der Waals surface area contributed by atoms with E-state index in [9.17, 15) is 13.6 Å². The van der Waals surface area contributed by atoms with E-state index in [4.69, 9.17) is 29.0 Å². The van der Waals surface area contributed by atoms with E-state index in [0.717, 1.165) is 30.0 Å². The number of benzene rings is 2. The summed E-state index contributed by atoms with van der Waals surface area (Å²) >= 11 is 13.0. The SMILES string of the molecule is Nn1c(SCC(=O)Nc2cc(F)ccc2F)nnc1-c1ccc(Cl)cc1Cl. The number of amides is 1. The summed E-state index contributed by atoms with van der Waals surface area (Å²) < 4.78 is 27.9. The minimum Gasteiger partial charge on any atom is -0.335 e. The number of nitrogen functional groups attached to an aromatic ring is 1. The van der Waals surface area contributed by atoms with Crippen molar-refractivity contribution in [2.24, 2.45) is 0 Å². The van der Waals surface area contributed by atoms with Gasteiger partial charge in [0.25, 0.3) is 0 Å². The van der Waals surface area contributed by atoms with Crippen molar-refractivity contribution in [2.45, 2.75) is 5.16 Å². The topological polar surface area (TPSA) is 85.8 Å². The molecule has 6 nitrogen and oxygen atoms in total. The molecule has 11 heteroatoms. The van der Waals surface area contributed by atoms with Crippen molar-refractivity contribution < 1.29 is 13.6 Å². The van der Waals surface area contributed by atoms with E-state index in [1.807, 2.05) is 0 Å². The Hall–Kier alpha value is -2.36. The van der Waals surface area contributed by atoms with Gasteiger partial charge in [0.2, 0.25) is 11.1 Å². The molecular weight excluding hydrogens is 419 g/mol. The van der Waals surface area contributed by atoms with Crippen molar-refractivity contribution in [3.8, 4) is 11.4 Å². The van der Waals surface area contributed by atoms with Crippen LogP contribution in [0.25, 0.3) is 11.4 Å². The maximum Gasteiger partial charge on any atom is 0.234 e.